The molecule has 0 aliphatic carbocycles. The van der Waals surface area contributed by atoms with Gasteiger partial charge in [-0.1, -0.05) is 71.3 Å². The SMILES string of the molecule is C=C(C)C(=O)OCC(C)(C)NCCCCCCCCCCCC. The van der Waals surface area contributed by atoms with Crippen LogP contribution >= 0.6 is 0 Å². The number of carbonyl (C=O) groups is 1. The Balaban J connectivity index is 3.45. The largest absolute Gasteiger partial charge is 0.460 e. The fourth-order valence-electron chi connectivity index (χ4n) is 2.46. The van der Waals surface area contributed by atoms with Gasteiger partial charge in [0.05, 0.1) is 0 Å². The van der Waals surface area contributed by atoms with Gasteiger partial charge in [0.15, 0.2) is 0 Å². The Morgan fingerprint density at radius 3 is 1.91 bits per heavy atom. The van der Waals surface area contributed by atoms with Crippen molar-refractivity contribution in [2.75, 3.05) is 13.2 Å². The van der Waals surface area contributed by atoms with Crippen molar-refractivity contribution in [3.8, 4) is 0 Å². The number of hydrogen-bond donors (Lipinski definition) is 1. The van der Waals surface area contributed by atoms with Gasteiger partial charge in [0.2, 0.25) is 0 Å². The van der Waals surface area contributed by atoms with Gasteiger partial charge in [-0.3, -0.25) is 0 Å². The summed E-state index contributed by atoms with van der Waals surface area (Å²) < 4.78 is 5.22. The molecule has 0 aromatic carbocycles. The fraction of sp³-hybridized carbons (Fsp3) is 0.850. The van der Waals surface area contributed by atoms with Crippen LogP contribution in [0.5, 0.6) is 0 Å². The molecule has 0 bridgehead atoms. The first-order valence-corrected chi connectivity index (χ1v) is 9.46. The number of hydrogen-bond acceptors (Lipinski definition) is 3. The van der Waals surface area contributed by atoms with Crippen LogP contribution in [0.2, 0.25) is 0 Å². The lowest BCUT2D eigenvalue weighted by molar-refractivity contribution is -0.140. The Bertz CT molecular complexity index is 324. The molecule has 0 amide bonds. The second-order valence-corrected chi connectivity index (χ2v) is 7.35. The van der Waals surface area contributed by atoms with E-state index in [9.17, 15) is 4.79 Å². The molecule has 0 aliphatic rings. The molecule has 0 spiro atoms. The van der Waals surface area contributed by atoms with E-state index in [1.807, 2.05) is 0 Å². The van der Waals surface area contributed by atoms with Crippen molar-refractivity contribution in [3.05, 3.63) is 12.2 Å². The number of ether oxygens (including phenoxy) is 1. The summed E-state index contributed by atoms with van der Waals surface area (Å²) in [5, 5.41) is 3.47. The second-order valence-electron chi connectivity index (χ2n) is 7.35. The van der Waals surface area contributed by atoms with Crippen molar-refractivity contribution in [2.45, 2.75) is 97.4 Å². The molecule has 0 aliphatic heterocycles. The Hall–Kier alpha value is -0.830. The first kappa shape index (κ1) is 22.2. The van der Waals surface area contributed by atoms with Gasteiger partial charge in [0.1, 0.15) is 6.61 Å². The summed E-state index contributed by atoms with van der Waals surface area (Å²) in [5.74, 6) is -0.307. The van der Waals surface area contributed by atoms with Crippen molar-refractivity contribution in [3.63, 3.8) is 0 Å². The van der Waals surface area contributed by atoms with Gasteiger partial charge >= 0.3 is 5.97 Å². The van der Waals surface area contributed by atoms with Crippen molar-refractivity contribution in [1.29, 1.82) is 0 Å². The maximum absolute atomic E-state index is 11.4. The Morgan fingerprint density at radius 2 is 1.43 bits per heavy atom. The van der Waals surface area contributed by atoms with Crippen LogP contribution < -0.4 is 5.32 Å². The molecule has 23 heavy (non-hydrogen) atoms. The van der Waals surface area contributed by atoms with Gasteiger partial charge in [0.25, 0.3) is 0 Å². The quantitative estimate of drug-likeness (QED) is 0.249. The molecular weight excluding hydrogens is 286 g/mol. The second kappa shape index (κ2) is 13.6. The highest BCUT2D eigenvalue weighted by Crippen LogP contribution is 2.11. The first-order chi connectivity index (χ1) is 10.9. The molecule has 0 saturated carbocycles. The van der Waals surface area contributed by atoms with Crippen molar-refractivity contribution in [1.82, 2.24) is 5.32 Å². The highest BCUT2D eigenvalue weighted by atomic mass is 16.5. The van der Waals surface area contributed by atoms with Gasteiger partial charge in [-0.05, 0) is 33.7 Å². The summed E-state index contributed by atoms with van der Waals surface area (Å²) in [6.07, 6.45) is 13.5. The molecular formula is C20H39NO2. The summed E-state index contributed by atoms with van der Waals surface area (Å²) in [5.41, 5.74) is 0.278. The molecule has 0 saturated heterocycles. The number of nitrogens with one attached hydrogen (secondary N) is 1. The average Bonchev–Trinajstić information content (AvgIpc) is 2.50. The van der Waals surface area contributed by atoms with Gasteiger partial charge in [0, 0.05) is 11.1 Å². The minimum atomic E-state index is -0.307. The Labute approximate surface area is 144 Å². The van der Waals surface area contributed by atoms with E-state index in [1.54, 1.807) is 6.92 Å². The number of unbranched alkanes of at least 4 members (excludes halogenated alkanes) is 9. The summed E-state index contributed by atoms with van der Waals surface area (Å²) in [7, 11) is 0. The lowest BCUT2D eigenvalue weighted by atomic mass is 10.1. The third-order valence-corrected chi connectivity index (χ3v) is 4.05. The molecule has 0 aromatic heterocycles. The van der Waals surface area contributed by atoms with E-state index in [2.05, 4.69) is 32.7 Å². The fourth-order valence-corrected chi connectivity index (χ4v) is 2.46. The predicted molar refractivity (Wildman–Crippen MR) is 99.7 cm³/mol. The standard InChI is InChI=1S/C20H39NO2/c1-6-7-8-9-10-11-12-13-14-15-16-21-20(4,5)17-23-19(22)18(2)3/h21H,2,6-17H2,1,3-5H3. The number of carbonyl (C=O) groups excluding carboxylic acids is 1. The van der Waals surface area contributed by atoms with Crippen LogP contribution in [0.1, 0.15) is 91.9 Å². The molecule has 0 fully saturated rings. The maximum Gasteiger partial charge on any atom is 0.333 e. The van der Waals surface area contributed by atoms with E-state index >= 15 is 0 Å². The van der Waals surface area contributed by atoms with Crippen molar-refractivity contribution < 1.29 is 9.53 Å². The van der Waals surface area contributed by atoms with Crippen LogP contribution in [0.25, 0.3) is 0 Å². The third kappa shape index (κ3) is 14.5. The zero-order chi connectivity index (χ0) is 17.6. The molecule has 0 aromatic rings. The summed E-state index contributed by atoms with van der Waals surface area (Å²) in [6.45, 7) is 13.0. The predicted octanol–water partition coefficient (Wildman–Crippen LogP) is 5.39. The van der Waals surface area contributed by atoms with E-state index < -0.39 is 0 Å². The third-order valence-electron chi connectivity index (χ3n) is 4.05. The highest BCUT2D eigenvalue weighted by Gasteiger charge is 2.19. The van der Waals surface area contributed by atoms with E-state index in [0.717, 1.165) is 6.54 Å². The van der Waals surface area contributed by atoms with Gasteiger partial charge in [-0.15, -0.1) is 0 Å². The average molecular weight is 326 g/mol. The van der Waals surface area contributed by atoms with Gasteiger partial charge in [-0.25, -0.2) is 4.79 Å². The molecule has 1 N–H and O–H groups in total. The van der Waals surface area contributed by atoms with E-state index in [-0.39, 0.29) is 11.5 Å². The molecule has 3 nitrogen and oxygen atoms in total. The van der Waals surface area contributed by atoms with Crippen LogP contribution in [-0.4, -0.2) is 24.7 Å². The normalized spacial score (nSPS) is 11.5. The molecule has 0 heterocycles. The maximum atomic E-state index is 11.4. The van der Waals surface area contributed by atoms with Crippen LogP contribution in [-0.2, 0) is 9.53 Å². The van der Waals surface area contributed by atoms with E-state index in [4.69, 9.17) is 4.74 Å². The smallest absolute Gasteiger partial charge is 0.333 e. The molecule has 136 valence electrons. The minimum absolute atomic E-state index is 0.176. The van der Waals surface area contributed by atoms with Crippen LogP contribution in [0, 0.1) is 0 Å². The lowest BCUT2D eigenvalue weighted by Crippen LogP contribution is -2.44. The molecule has 0 atom stereocenters. The zero-order valence-corrected chi connectivity index (χ0v) is 16.0. The van der Waals surface area contributed by atoms with E-state index in [1.165, 1.54) is 64.2 Å². The van der Waals surface area contributed by atoms with Crippen LogP contribution in [0.3, 0.4) is 0 Å². The summed E-state index contributed by atoms with van der Waals surface area (Å²) in [4.78, 5) is 11.4. The van der Waals surface area contributed by atoms with E-state index in [0.29, 0.717) is 12.2 Å². The van der Waals surface area contributed by atoms with Gasteiger partial charge in [-0.2, -0.15) is 0 Å². The van der Waals surface area contributed by atoms with Crippen LogP contribution in [0.15, 0.2) is 12.2 Å². The summed E-state index contributed by atoms with van der Waals surface area (Å²) >= 11 is 0. The number of esters is 1. The lowest BCUT2D eigenvalue weighted by Gasteiger charge is -2.26. The Kier molecular flexibility index (Phi) is 13.1. The minimum Gasteiger partial charge on any atom is -0.460 e. The molecule has 3 heteroatoms. The van der Waals surface area contributed by atoms with Crippen molar-refractivity contribution >= 4 is 5.97 Å². The van der Waals surface area contributed by atoms with Crippen molar-refractivity contribution in [2.24, 2.45) is 0 Å². The molecule has 0 radical (unpaired) electrons. The monoisotopic (exact) mass is 325 g/mol. The van der Waals surface area contributed by atoms with Crippen LogP contribution in [0.4, 0.5) is 0 Å². The Morgan fingerprint density at radius 1 is 0.957 bits per heavy atom. The van der Waals surface area contributed by atoms with Gasteiger partial charge < -0.3 is 10.1 Å². The molecule has 0 unspecified atom stereocenters. The molecule has 0 rings (SSSR count). The topological polar surface area (TPSA) is 38.3 Å². The summed E-state index contributed by atoms with van der Waals surface area (Å²) in [6, 6.07) is 0. The zero-order valence-electron chi connectivity index (χ0n) is 16.0. The number of rotatable bonds is 15. The first-order valence-electron chi connectivity index (χ1n) is 9.46. The highest BCUT2D eigenvalue weighted by molar-refractivity contribution is 5.86.